The summed E-state index contributed by atoms with van der Waals surface area (Å²) in [6.07, 6.45) is 10.6. The second-order valence-electron chi connectivity index (χ2n) is 3.82. The Kier molecular flexibility index (Phi) is 5.58. The van der Waals surface area contributed by atoms with Crippen molar-refractivity contribution in [3.8, 4) is 12.3 Å². The van der Waals surface area contributed by atoms with E-state index in [1.807, 2.05) is 18.2 Å². The monoisotopic (exact) mass is 201 g/mol. The van der Waals surface area contributed by atoms with Gasteiger partial charge in [-0.3, -0.25) is 0 Å². The van der Waals surface area contributed by atoms with Gasteiger partial charge in [-0.05, 0) is 18.4 Å². The Morgan fingerprint density at radius 1 is 1.13 bits per heavy atom. The van der Waals surface area contributed by atoms with Crippen LogP contribution in [0.2, 0.25) is 0 Å². The molecule has 0 spiro atoms. The average Bonchev–Trinajstić information content (AvgIpc) is 2.30. The number of unbranched alkanes of at least 4 members (excludes halogenated alkanes) is 3. The first kappa shape index (κ1) is 11.8. The first-order valence-corrected chi connectivity index (χ1v) is 5.58. The molecule has 0 bridgehead atoms. The van der Waals surface area contributed by atoms with Crippen LogP contribution in [0.3, 0.4) is 0 Å². The van der Waals surface area contributed by atoms with E-state index in [1.165, 1.54) is 12.0 Å². The topological polar surface area (TPSA) is 26.0 Å². The molecule has 0 fully saturated rings. The van der Waals surface area contributed by atoms with Crippen LogP contribution in [-0.4, -0.2) is 0 Å². The van der Waals surface area contributed by atoms with Gasteiger partial charge in [0.25, 0.3) is 0 Å². The highest BCUT2D eigenvalue weighted by Gasteiger charge is 2.03. The molecule has 0 radical (unpaired) electrons. The number of nitrogens with two attached hydrogens (primary N) is 1. The molecule has 0 amide bonds. The largest absolute Gasteiger partial charge is 0.324 e. The molecule has 0 saturated heterocycles. The molecule has 1 heteroatoms. The van der Waals surface area contributed by atoms with Crippen molar-refractivity contribution in [1.82, 2.24) is 0 Å². The third kappa shape index (κ3) is 4.67. The standard InChI is InChI=1S/C14H19N/c1-2-3-4-5-9-12-14(15)13-10-7-6-8-11-13/h1,6-8,10-11,14H,3-5,9,12,15H2. The minimum Gasteiger partial charge on any atom is -0.324 e. The lowest BCUT2D eigenvalue weighted by molar-refractivity contribution is 0.574. The molecule has 2 N–H and O–H groups in total. The van der Waals surface area contributed by atoms with E-state index in [1.54, 1.807) is 0 Å². The van der Waals surface area contributed by atoms with E-state index in [-0.39, 0.29) is 6.04 Å². The Morgan fingerprint density at radius 2 is 1.87 bits per heavy atom. The third-order valence-corrected chi connectivity index (χ3v) is 2.56. The fourth-order valence-electron chi connectivity index (χ4n) is 1.63. The van der Waals surface area contributed by atoms with E-state index in [0.717, 1.165) is 25.7 Å². The molecule has 1 unspecified atom stereocenters. The van der Waals surface area contributed by atoms with Gasteiger partial charge in [-0.15, -0.1) is 12.3 Å². The highest BCUT2D eigenvalue weighted by molar-refractivity contribution is 5.18. The molecule has 1 aromatic carbocycles. The molecule has 1 aromatic rings. The van der Waals surface area contributed by atoms with Gasteiger partial charge < -0.3 is 5.73 Å². The summed E-state index contributed by atoms with van der Waals surface area (Å²) < 4.78 is 0. The quantitative estimate of drug-likeness (QED) is 0.555. The summed E-state index contributed by atoms with van der Waals surface area (Å²) in [5.74, 6) is 2.66. The second-order valence-corrected chi connectivity index (χ2v) is 3.82. The maximum atomic E-state index is 6.07. The molecule has 0 heterocycles. The fraction of sp³-hybridized carbons (Fsp3) is 0.429. The number of hydrogen-bond donors (Lipinski definition) is 1. The van der Waals surface area contributed by atoms with Crippen LogP contribution in [0.5, 0.6) is 0 Å². The highest BCUT2D eigenvalue weighted by atomic mass is 14.6. The predicted molar refractivity (Wildman–Crippen MR) is 65.3 cm³/mol. The minimum atomic E-state index is 0.178. The van der Waals surface area contributed by atoms with Crippen LogP contribution in [-0.2, 0) is 0 Å². The minimum absolute atomic E-state index is 0.178. The maximum Gasteiger partial charge on any atom is 0.0294 e. The van der Waals surface area contributed by atoms with Crippen LogP contribution in [0.4, 0.5) is 0 Å². The first-order chi connectivity index (χ1) is 7.34. The van der Waals surface area contributed by atoms with Gasteiger partial charge in [-0.25, -0.2) is 0 Å². The zero-order valence-corrected chi connectivity index (χ0v) is 9.15. The van der Waals surface area contributed by atoms with Gasteiger partial charge in [0, 0.05) is 12.5 Å². The van der Waals surface area contributed by atoms with Crippen LogP contribution in [0.15, 0.2) is 30.3 Å². The number of benzene rings is 1. The summed E-state index contributed by atoms with van der Waals surface area (Å²) >= 11 is 0. The van der Waals surface area contributed by atoms with Gasteiger partial charge in [0.05, 0.1) is 0 Å². The van der Waals surface area contributed by atoms with E-state index in [0.29, 0.717) is 0 Å². The summed E-state index contributed by atoms with van der Waals surface area (Å²) in [6, 6.07) is 10.4. The lowest BCUT2D eigenvalue weighted by atomic mass is 10.0. The number of hydrogen-bond acceptors (Lipinski definition) is 1. The zero-order valence-electron chi connectivity index (χ0n) is 9.15. The van der Waals surface area contributed by atoms with Crippen molar-refractivity contribution in [2.24, 2.45) is 5.73 Å². The summed E-state index contributed by atoms with van der Waals surface area (Å²) in [5, 5.41) is 0. The molecule has 0 aliphatic carbocycles. The van der Waals surface area contributed by atoms with Crippen molar-refractivity contribution in [3.05, 3.63) is 35.9 Å². The second kappa shape index (κ2) is 7.09. The van der Waals surface area contributed by atoms with E-state index < -0.39 is 0 Å². The molecule has 80 valence electrons. The fourth-order valence-corrected chi connectivity index (χ4v) is 1.63. The Labute approximate surface area is 92.7 Å². The molecule has 1 nitrogen and oxygen atoms in total. The number of terminal acetylenes is 1. The van der Waals surface area contributed by atoms with Crippen molar-refractivity contribution in [2.45, 2.75) is 38.1 Å². The maximum absolute atomic E-state index is 6.07. The van der Waals surface area contributed by atoms with Gasteiger partial charge >= 0.3 is 0 Å². The van der Waals surface area contributed by atoms with Gasteiger partial charge in [-0.1, -0.05) is 43.2 Å². The lowest BCUT2D eigenvalue weighted by Crippen LogP contribution is -2.09. The first-order valence-electron chi connectivity index (χ1n) is 5.58. The van der Waals surface area contributed by atoms with Crippen molar-refractivity contribution < 1.29 is 0 Å². The van der Waals surface area contributed by atoms with Crippen LogP contribution in [0.1, 0.15) is 43.7 Å². The van der Waals surface area contributed by atoms with Crippen molar-refractivity contribution in [2.75, 3.05) is 0 Å². The van der Waals surface area contributed by atoms with Gasteiger partial charge in [-0.2, -0.15) is 0 Å². The highest BCUT2D eigenvalue weighted by Crippen LogP contribution is 2.16. The van der Waals surface area contributed by atoms with Crippen molar-refractivity contribution in [1.29, 1.82) is 0 Å². The van der Waals surface area contributed by atoms with Crippen molar-refractivity contribution in [3.63, 3.8) is 0 Å². The molecule has 1 rings (SSSR count). The Morgan fingerprint density at radius 3 is 2.53 bits per heavy atom. The van der Waals surface area contributed by atoms with Crippen LogP contribution < -0.4 is 5.73 Å². The van der Waals surface area contributed by atoms with E-state index in [2.05, 4.69) is 18.1 Å². The molecule has 0 saturated carbocycles. The summed E-state index contributed by atoms with van der Waals surface area (Å²) in [6.45, 7) is 0. The van der Waals surface area contributed by atoms with Crippen LogP contribution >= 0.6 is 0 Å². The van der Waals surface area contributed by atoms with Crippen LogP contribution in [0.25, 0.3) is 0 Å². The van der Waals surface area contributed by atoms with E-state index >= 15 is 0 Å². The smallest absolute Gasteiger partial charge is 0.0294 e. The van der Waals surface area contributed by atoms with Gasteiger partial charge in [0.1, 0.15) is 0 Å². The Bertz CT molecular complexity index is 297. The lowest BCUT2D eigenvalue weighted by Gasteiger charge is -2.11. The molecular formula is C14H19N. The molecular weight excluding hydrogens is 182 g/mol. The molecule has 0 aliphatic rings. The molecule has 0 aromatic heterocycles. The molecule has 15 heavy (non-hydrogen) atoms. The van der Waals surface area contributed by atoms with E-state index in [9.17, 15) is 0 Å². The van der Waals surface area contributed by atoms with Gasteiger partial charge in [0.15, 0.2) is 0 Å². The predicted octanol–water partition coefficient (Wildman–Crippen LogP) is 3.27. The Hall–Kier alpha value is -1.26. The van der Waals surface area contributed by atoms with Gasteiger partial charge in [0.2, 0.25) is 0 Å². The normalized spacial score (nSPS) is 12.0. The summed E-state index contributed by atoms with van der Waals surface area (Å²) in [5.41, 5.74) is 7.30. The van der Waals surface area contributed by atoms with E-state index in [4.69, 9.17) is 12.2 Å². The van der Waals surface area contributed by atoms with Crippen molar-refractivity contribution >= 4 is 0 Å². The molecule has 1 atom stereocenters. The van der Waals surface area contributed by atoms with Crippen LogP contribution in [0, 0.1) is 12.3 Å². The third-order valence-electron chi connectivity index (χ3n) is 2.56. The summed E-state index contributed by atoms with van der Waals surface area (Å²) in [7, 11) is 0. The SMILES string of the molecule is C#CCCCCCC(N)c1ccccc1. The number of rotatable bonds is 6. The summed E-state index contributed by atoms with van der Waals surface area (Å²) in [4.78, 5) is 0. The zero-order chi connectivity index (χ0) is 10.9. The Balaban J connectivity index is 2.20. The molecule has 0 aliphatic heterocycles. The average molecular weight is 201 g/mol.